The highest BCUT2D eigenvalue weighted by atomic mass is 15.0. The first-order chi connectivity index (χ1) is 4.97. The minimum absolute atomic E-state index is 0.443. The van der Waals surface area contributed by atoms with Crippen molar-refractivity contribution >= 4 is 0 Å². The summed E-state index contributed by atoms with van der Waals surface area (Å²) in [6, 6.07) is 0.443. The summed E-state index contributed by atoms with van der Waals surface area (Å²) in [7, 11) is 0. The van der Waals surface area contributed by atoms with Gasteiger partial charge < -0.3 is 5.32 Å². The van der Waals surface area contributed by atoms with Crippen LogP contribution in [0, 0.1) is 0 Å². The Morgan fingerprint density at radius 1 is 1.60 bits per heavy atom. The zero-order valence-electron chi connectivity index (χ0n) is 5.88. The molecule has 2 aliphatic rings. The number of fused-ring (bicyclic) bond motifs is 1. The summed E-state index contributed by atoms with van der Waals surface area (Å²) in [5, 5.41) is 7.68. The number of nitrogens with zero attached hydrogens (tertiary/aromatic N) is 1. The van der Waals surface area contributed by atoms with Crippen molar-refractivity contribution in [1.82, 2.24) is 10.6 Å². The number of rotatable bonds is 0. The fourth-order valence-electron chi connectivity index (χ4n) is 1.39. The van der Waals surface area contributed by atoms with Crippen molar-refractivity contribution in [3.8, 4) is 0 Å². The van der Waals surface area contributed by atoms with Gasteiger partial charge in [-0.25, -0.2) is 5.32 Å². The lowest BCUT2D eigenvalue weighted by molar-refractivity contribution is 0.511. The predicted octanol–water partition coefficient (Wildman–Crippen LogP) is 0.754. The highest BCUT2D eigenvalue weighted by Crippen LogP contribution is 2.14. The Bertz CT molecular complexity index is 182. The van der Waals surface area contributed by atoms with Crippen LogP contribution < -0.4 is 10.6 Å². The first-order valence-electron chi connectivity index (χ1n) is 3.75. The average molecular weight is 135 g/mol. The average Bonchev–Trinajstić information content (AvgIpc) is 2.05. The van der Waals surface area contributed by atoms with Gasteiger partial charge in [0.15, 0.2) is 0 Å². The Labute approximate surface area is 61.0 Å². The molecule has 0 fully saturated rings. The molecule has 2 aliphatic heterocycles. The summed E-state index contributed by atoms with van der Waals surface area (Å²) in [5.41, 5.74) is 1.30. The van der Waals surface area contributed by atoms with Crippen molar-refractivity contribution in [1.29, 1.82) is 0 Å². The van der Waals surface area contributed by atoms with E-state index in [0.29, 0.717) is 6.04 Å². The second kappa shape index (κ2) is 2.46. The monoisotopic (exact) mass is 135 g/mol. The van der Waals surface area contributed by atoms with Crippen LogP contribution in [0.2, 0.25) is 0 Å². The van der Waals surface area contributed by atoms with E-state index < -0.39 is 0 Å². The van der Waals surface area contributed by atoms with Crippen LogP contribution in [0.4, 0.5) is 0 Å². The van der Waals surface area contributed by atoms with E-state index in [9.17, 15) is 0 Å². The first-order valence-corrected chi connectivity index (χ1v) is 3.75. The highest BCUT2D eigenvalue weighted by molar-refractivity contribution is 5.19. The fraction of sp³-hybridized carbons (Fsp3) is 0.500. The zero-order valence-corrected chi connectivity index (χ0v) is 5.88. The van der Waals surface area contributed by atoms with Crippen molar-refractivity contribution in [3.05, 3.63) is 24.0 Å². The molecule has 0 aromatic carbocycles. The normalized spacial score (nSPS) is 30.4. The smallest absolute Gasteiger partial charge is 0.0677 e. The fourth-order valence-corrected chi connectivity index (χ4v) is 1.39. The van der Waals surface area contributed by atoms with Gasteiger partial charge in [0.2, 0.25) is 0 Å². The van der Waals surface area contributed by atoms with Crippen molar-refractivity contribution in [2.75, 3.05) is 6.54 Å². The van der Waals surface area contributed by atoms with Gasteiger partial charge in [-0.3, -0.25) is 0 Å². The molecule has 10 heavy (non-hydrogen) atoms. The molecule has 2 rings (SSSR count). The van der Waals surface area contributed by atoms with E-state index in [2.05, 4.69) is 22.8 Å². The number of nitrogens with one attached hydrogen (secondary N) is 1. The van der Waals surface area contributed by atoms with Crippen molar-refractivity contribution in [3.63, 3.8) is 0 Å². The topological polar surface area (TPSA) is 26.1 Å². The van der Waals surface area contributed by atoms with Crippen LogP contribution in [-0.4, -0.2) is 12.6 Å². The molecule has 1 radical (unpaired) electrons. The van der Waals surface area contributed by atoms with E-state index in [1.807, 2.05) is 6.20 Å². The van der Waals surface area contributed by atoms with Crippen molar-refractivity contribution in [2.24, 2.45) is 0 Å². The third-order valence-electron chi connectivity index (χ3n) is 1.93. The molecule has 1 N–H and O–H groups in total. The molecular weight excluding hydrogens is 124 g/mol. The van der Waals surface area contributed by atoms with Crippen LogP contribution in [-0.2, 0) is 0 Å². The second-order valence-electron chi connectivity index (χ2n) is 2.65. The molecule has 0 spiro atoms. The lowest BCUT2D eigenvalue weighted by Crippen LogP contribution is -2.35. The van der Waals surface area contributed by atoms with Gasteiger partial charge in [0.1, 0.15) is 0 Å². The third kappa shape index (κ3) is 0.948. The largest absolute Gasteiger partial charge is 0.364 e. The molecule has 1 atom stereocenters. The predicted molar refractivity (Wildman–Crippen MR) is 40.4 cm³/mol. The van der Waals surface area contributed by atoms with Crippen LogP contribution in [0.3, 0.4) is 0 Å². The standard InChI is InChI=1S/C8H11N2/c1-3-7-8(9-5-1)4-2-6-10-7/h1,4-5,7,9H,2-3,6H2. The molecule has 0 amide bonds. The minimum Gasteiger partial charge on any atom is -0.364 e. The van der Waals surface area contributed by atoms with Crippen LogP contribution in [0.25, 0.3) is 0 Å². The van der Waals surface area contributed by atoms with Crippen molar-refractivity contribution < 1.29 is 0 Å². The van der Waals surface area contributed by atoms with E-state index >= 15 is 0 Å². The summed E-state index contributed by atoms with van der Waals surface area (Å²) in [6.07, 6.45) is 8.58. The van der Waals surface area contributed by atoms with E-state index in [-0.39, 0.29) is 0 Å². The summed E-state index contributed by atoms with van der Waals surface area (Å²) in [5.74, 6) is 0. The molecule has 0 aliphatic carbocycles. The van der Waals surface area contributed by atoms with Crippen molar-refractivity contribution in [2.45, 2.75) is 18.9 Å². The second-order valence-corrected chi connectivity index (χ2v) is 2.65. The maximum Gasteiger partial charge on any atom is 0.0677 e. The van der Waals surface area contributed by atoms with Gasteiger partial charge in [-0.05, 0) is 19.0 Å². The van der Waals surface area contributed by atoms with E-state index in [1.54, 1.807) is 0 Å². The van der Waals surface area contributed by atoms with Crippen LogP contribution in [0.1, 0.15) is 12.8 Å². The van der Waals surface area contributed by atoms with Crippen LogP contribution in [0.5, 0.6) is 0 Å². The third-order valence-corrected chi connectivity index (χ3v) is 1.93. The molecule has 53 valence electrons. The quantitative estimate of drug-likeness (QED) is 0.521. The van der Waals surface area contributed by atoms with Gasteiger partial charge >= 0.3 is 0 Å². The summed E-state index contributed by atoms with van der Waals surface area (Å²) in [4.78, 5) is 0. The Balaban J connectivity index is 2.17. The number of hydrogen-bond acceptors (Lipinski definition) is 1. The van der Waals surface area contributed by atoms with E-state index in [1.165, 1.54) is 5.70 Å². The SMILES string of the molecule is C1=CNC2=CCC[N]C2C1. The molecule has 2 heteroatoms. The van der Waals surface area contributed by atoms with Crippen LogP contribution >= 0.6 is 0 Å². The lowest BCUT2D eigenvalue weighted by atomic mass is 10.0. The maximum absolute atomic E-state index is 4.47. The van der Waals surface area contributed by atoms with Gasteiger partial charge in [-0.15, -0.1) is 0 Å². The summed E-state index contributed by atoms with van der Waals surface area (Å²) in [6.45, 7) is 1.00. The molecule has 0 aromatic heterocycles. The van der Waals surface area contributed by atoms with Gasteiger partial charge in [0, 0.05) is 12.2 Å². The van der Waals surface area contributed by atoms with Gasteiger partial charge in [-0.2, -0.15) is 0 Å². The highest BCUT2D eigenvalue weighted by Gasteiger charge is 2.17. The molecule has 2 heterocycles. The Kier molecular flexibility index (Phi) is 1.47. The first kappa shape index (κ1) is 5.98. The van der Waals surface area contributed by atoms with Gasteiger partial charge in [0.25, 0.3) is 0 Å². The maximum atomic E-state index is 4.47. The molecule has 0 saturated heterocycles. The molecule has 0 bridgehead atoms. The Morgan fingerprint density at radius 2 is 2.60 bits per heavy atom. The summed E-state index contributed by atoms with van der Waals surface area (Å²) < 4.78 is 0. The summed E-state index contributed by atoms with van der Waals surface area (Å²) >= 11 is 0. The molecule has 0 aromatic rings. The van der Waals surface area contributed by atoms with Crippen LogP contribution in [0.15, 0.2) is 24.0 Å². The van der Waals surface area contributed by atoms with Gasteiger partial charge in [0.05, 0.1) is 6.04 Å². The Morgan fingerprint density at radius 3 is 3.50 bits per heavy atom. The lowest BCUT2D eigenvalue weighted by Gasteiger charge is -2.25. The van der Waals surface area contributed by atoms with E-state index in [0.717, 1.165) is 19.4 Å². The molecule has 2 nitrogen and oxygen atoms in total. The van der Waals surface area contributed by atoms with Gasteiger partial charge in [-0.1, -0.05) is 12.2 Å². The molecule has 0 saturated carbocycles. The van der Waals surface area contributed by atoms with E-state index in [4.69, 9.17) is 0 Å². The minimum atomic E-state index is 0.443. The molecule has 1 unspecified atom stereocenters. The number of hydrogen-bond donors (Lipinski definition) is 1. The zero-order chi connectivity index (χ0) is 6.81. The molecular formula is C8H11N2. The Hall–Kier alpha value is -0.760.